The molecule has 2 atom stereocenters. The first-order chi connectivity index (χ1) is 8.69. The Hall–Kier alpha value is -0.860. The molecule has 0 amide bonds. The minimum Gasteiger partial charge on any atom is -0.373 e. The summed E-state index contributed by atoms with van der Waals surface area (Å²) in [6, 6.07) is 9.22. The second-order valence-electron chi connectivity index (χ2n) is 5.48. The third kappa shape index (κ3) is 2.76. The molecule has 2 heteroatoms. The summed E-state index contributed by atoms with van der Waals surface area (Å²) in [5.41, 5.74) is 2.73. The number of hydrogen-bond acceptors (Lipinski definition) is 2. The summed E-state index contributed by atoms with van der Waals surface area (Å²) in [6.07, 6.45) is 4.66. The van der Waals surface area contributed by atoms with Gasteiger partial charge in [0.25, 0.3) is 0 Å². The molecule has 1 aliphatic rings. The summed E-state index contributed by atoms with van der Waals surface area (Å²) < 4.78 is 5.99. The van der Waals surface area contributed by atoms with Crippen LogP contribution in [0.25, 0.3) is 0 Å². The molecule has 1 fully saturated rings. The van der Waals surface area contributed by atoms with Gasteiger partial charge in [-0.1, -0.05) is 37.6 Å². The van der Waals surface area contributed by atoms with E-state index in [1.165, 1.54) is 24.0 Å². The third-order valence-electron chi connectivity index (χ3n) is 3.97. The molecule has 2 unspecified atom stereocenters. The van der Waals surface area contributed by atoms with Crippen molar-refractivity contribution >= 4 is 0 Å². The summed E-state index contributed by atoms with van der Waals surface area (Å²) in [4.78, 5) is 0. The predicted octanol–water partition coefficient (Wildman–Crippen LogP) is 3.47. The summed E-state index contributed by atoms with van der Waals surface area (Å²) >= 11 is 0. The minimum absolute atomic E-state index is 0.0560. The number of benzene rings is 1. The Labute approximate surface area is 111 Å². The summed E-state index contributed by atoms with van der Waals surface area (Å²) in [7, 11) is 2.03. The molecule has 1 aromatic rings. The van der Waals surface area contributed by atoms with Gasteiger partial charge in [-0.15, -0.1) is 0 Å². The minimum atomic E-state index is -0.0560. The fourth-order valence-corrected chi connectivity index (χ4v) is 3.07. The third-order valence-corrected chi connectivity index (χ3v) is 3.97. The molecule has 0 aliphatic carbocycles. The van der Waals surface area contributed by atoms with Gasteiger partial charge in [0.2, 0.25) is 0 Å². The molecule has 100 valence electrons. The molecule has 0 aromatic heterocycles. The van der Waals surface area contributed by atoms with E-state index in [-0.39, 0.29) is 11.6 Å². The van der Waals surface area contributed by atoms with Crippen molar-refractivity contribution in [1.82, 2.24) is 5.32 Å². The van der Waals surface area contributed by atoms with E-state index in [1.807, 2.05) is 7.05 Å². The molecular formula is C16H25NO. The van der Waals surface area contributed by atoms with Gasteiger partial charge in [0.15, 0.2) is 0 Å². The van der Waals surface area contributed by atoms with Crippen LogP contribution in [0.4, 0.5) is 0 Å². The first kappa shape index (κ1) is 13.6. The second kappa shape index (κ2) is 5.85. The number of hydrogen-bond donors (Lipinski definition) is 1. The highest BCUT2D eigenvalue weighted by molar-refractivity contribution is 5.28. The maximum absolute atomic E-state index is 5.99. The lowest BCUT2D eigenvalue weighted by atomic mass is 9.87. The van der Waals surface area contributed by atoms with Crippen LogP contribution in [0.2, 0.25) is 0 Å². The van der Waals surface area contributed by atoms with E-state index in [2.05, 4.69) is 43.4 Å². The lowest BCUT2D eigenvalue weighted by molar-refractivity contribution is -0.0104. The van der Waals surface area contributed by atoms with Gasteiger partial charge in [-0.3, -0.25) is 0 Å². The zero-order valence-corrected chi connectivity index (χ0v) is 11.8. The molecule has 0 spiro atoms. The van der Waals surface area contributed by atoms with E-state index in [1.54, 1.807) is 0 Å². The van der Waals surface area contributed by atoms with E-state index in [0.717, 1.165) is 19.4 Å². The average Bonchev–Trinajstić information content (AvgIpc) is 2.79. The molecule has 1 aromatic carbocycles. The van der Waals surface area contributed by atoms with E-state index < -0.39 is 0 Å². The predicted molar refractivity (Wildman–Crippen MR) is 75.8 cm³/mol. The standard InChI is InChI=1S/C16H25NO/c1-4-7-13-8-5-9-14(12-13)15(17-3)16(2)10-6-11-18-16/h5,8-9,12,15,17H,4,6-7,10-11H2,1-3H3. The SMILES string of the molecule is CCCc1cccc(C(NC)C2(C)CCCO2)c1. The first-order valence-corrected chi connectivity index (χ1v) is 7.09. The van der Waals surface area contributed by atoms with Crippen molar-refractivity contribution in [3.63, 3.8) is 0 Å². The van der Waals surface area contributed by atoms with E-state index >= 15 is 0 Å². The van der Waals surface area contributed by atoms with Crippen molar-refractivity contribution < 1.29 is 4.74 Å². The highest BCUT2D eigenvalue weighted by Gasteiger charge is 2.38. The van der Waals surface area contributed by atoms with Crippen LogP contribution in [-0.4, -0.2) is 19.3 Å². The molecule has 1 heterocycles. The van der Waals surface area contributed by atoms with Gasteiger partial charge in [-0.2, -0.15) is 0 Å². The number of rotatable bonds is 5. The zero-order chi connectivity index (χ0) is 13.0. The fraction of sp³-hybridized carbons (Fsp3) is 0.625. The van der Waals surface area contributed by atoms with Crippen molar-refractivity contribution in [2.45, 2.75) is 51.2 Å². The van der Waals surface area contributed by atoms with Crippen molar-refractivity contribution in [2.24, 2.45) is 0 Å². The molecule has 18 heavy (non-hydrogen) atoms. The normalized spacial score (nSPS) is 25.3. The van der Waals surface area contributed by atoms with E-state index in [9.17, 15) is 0 Å². The van der Waals surface area contributed by atoms with Crippen molar-refractivity contribution in [3.05, 3.63) is 35.4 Å². The van der Waals surface area contributed by atoms with Gasteiger partial charge in [0.1, 0.15) is 0 Å². The van der Waals surface area contributed by atoms with Crippen LogP contribution in [0.15, 0.2) is 24.3 Å². The van der Waals surface area contributed by atoms with Crippen LogP contribution in [0, 0.1) is 0 Å². The number of aryl methyl sites for hydroxylation is 1. The maximum Gasteiger partial charge on any atom is 0.0849 e. The Kier molecular flexibility index (Phi) is 4.41. The molecular weight excluding hydrogens is 222 g/mol. The lowest BCUT2D eigenvalue weighted by Gasteiger charge is -2.33. The second-order valence-corrected chi connectivity index (χ2v) is 5.48. The highest BCUT2D eigenvalue weighted by atomic mass is 16.5. The number of likely N-dealkylation sites (N-methyl/N-ethyl adjacent to an activating group) is 1. The fourth-order valence-electron chi connectivity index (χ4n) is 3.07. The van der Waals surface area contributed by atoms with Crippen molar-refractivity contribution in [2.75, 3.05) is 13.7 Å². The quantitative estimate of drug-likeness (QED) is 0.860. The molecule has 2 rings (SSSR count). The molecule has 2 nitrogen and oxygen atoms in total. The van der Waals surface area contributed by atoms with Crippen LogP contribution in [0.3, 0.4) is 0 Å². The summed E-state index contributed by atoms with van der Waals surface area (Å²) in [5, 5.41) is 3.45. The number of ether oxygens (including phenoxy) is 1. The Morgan fingerprint density at radius 1 is 1.44 bits per heavy atom. The highest BCUT2D eigenvalue weighted by Crippen LogP contribution is 2.37. The lowest BCUT2D eigenvalue weighted by Crippen LogP contribution is -2.39. The Bertz CT molecular complexity index is 382. The van der Waals surface area contributed by atoms with Crippen LogP contribution in [-0.2, 0) is 11.2 Å². The smallest absolute Gasteiger partial charge is 0.0849 e. The molecule has 1 aliphatic heterocycles. The molecule has 0 bridgehead atoms. The van der Waals surface area contributed by atoms with Gasteiger partial charge >= 0.3 is 0 Å². The van der Waals surface area contributed by atoms with Gasteiger partial charge in [-0.05, 0) is 44.4 Å². The topological polar surface area (TPSA) is 21.3 Å². The van der Waals surface area contributed by atoms with Crippen LogP contribution in [0.5, 0.6) is 0 Å². The maximum atomic E-state index is 5.99. The first-order valence-electron chi connectivity index (χ1n) is 7.09. The van der Waals surface area contributed by atoms with E-state index in [4.69, 9.17) is 4.74 Å². The van der Waals surface area contributed by atoms with Gasteiger partial charge in [0, 0.05) is 6.61 Å². The summed E-state index contributed by atoms with van der Waals surface area (Å²) in [6.45, 7) is 5.35. The molecule has 1 saturated heterocycles. The van der Waals surface area contributed by atoms with Gasteiger partial charge in [0.05, 0.1) is 11.6 Å². The van der Waals surface area contributed by atoms with Crippen molar-refractivity contribution in [1.29, 1.82) is 0 Å². The zero-order valence-electron chi connectivity index (χ0n) is 11.8. The van der Waals surface area contributed by atoms with Gasteiger partial charge in [-0.25, -0.2) is 0 Å². The Morgan fingerprint density at radius 3 is 2.89 bits per heavy atom. The van der Waals surface area contributed by atoms with Crippen molar-refractivity contribution in [3.8, 4) is 0 Å². The Morgan fingerprint density at radius 2 is 2.28 bits per heavy atom. The largest absolute Gasteiger partial charge is 0.373 e. The molecule has 1 N–H and O–H groups in total. The monoisotopic (exact) mass is 247 g/mol. The van der Waals surface area contributed by atoms with Crippen LogP contribution in [0.1, 0.15) is 50.3 Å². The van der Waals surface area contributed by atoms with E-state index in [0.29, 0.717) is 0 Å². The van der Waals surface area contributed by atoms with Crippen LogP contribution >= 0.6 is 0 Å². The average molecular weight is 247 g/mol. The van der Waals surface area contributed by atoms with Gasteiger partial charge < -0.3 is 10.1 Å². The molecule has 0 saturated carbocycles. The van der Waals surface area contributed by atoms with Crippen LogP contribution < -0.4 is 5.32 Å². The Balaban J connectivity index is 2.24. The molecule has 0 radical (unpaired) electrons. The number of nitrogens with one attached hydrogen (secondary N) is 1. The summed E-state index contributed by atoms with van der Waals surface area (Å²) in [5.74, 6) is 0.